The van der Waals surface area contributed by atoms with E-state index in [1.54, 1.807) is 29.4 Å². The number of aromatic nitrogens is 3. The van der Waals surface area contributed by atoms with E-state index in [4.69, 9.17) is 24.4 Å². The highest BCUT2D eigenvalue weighted by molar-refractivity contribution is 7.18. The lowest BCUT2D eigenvalue weighted by Gasteiger charge is -2.24. The number of hydrogen-bond acceptors (Lipinski definition) is 9. The number of benzene rings is 1. The van der Waals surface area contributed by atoms with Gasteiger partial charge in [0.05, 0.1) is 24.5 Å². The van der Waals surface area contributed by atoms with Crippen molar-refractivity contribution in [1.29, 1.82) is 0 Å². The summed E-state index contributed by atoms with van der Waals surface area (Å²) in [6.07, 6.45) is 5.16. The van der Waals surface area contributed by atoms with Crippen LogP contribution >= 0.6 is 22.7 Å². The number of nitrogens with one attached hydrogen (secondary N) is 1. The lowest BCUT2D eigenvalue weighted by atomic mass is 9.98. The van der Waals surface area contributed by atoms with Crippen LogP contribution in [0.3, 0.4) is 0 Å². The average molecular weight is 658 g/mol. The van der Waals surface area contributed by atoms with Gasteiger partial charge in [0.15, 0.2) is 0 Å². The molecule has 236 valence electrons. The predicted molar refractivity (Wildman–Crippen MR) is 178 cm³/mol. The zero-order chi connectivity index (χ0) is 32.2. The van der Waals surface area contributed by atoms with Gasteiger partial charge in [-0.25, -0.2) is 14.4 Å². The van der Waals surface area contributed by atoms with Crippen LogP contribution < -0.4 is 10.1 Å². The Kier molecular flexibility index (Phi) is 9.48. The molecule has 1 aromatic carbocycles. The van der Waals surface area contributed by atoms with Crippen molar-refractivity contribution in [3.05, 3.63) is 82.2 Å². The third-order valence-corrected chi connectivity index (χ3v) is 9.85. The summed E-state index contributed by atoms with van der Waals surface area (Å²) in [5.74, 6) is -0.156. The minimum absolute atomic E-state index is 0.117. The summed E-state index contributed by atoms with van der Waals surface area (Å²) in [6, 6.07) is 8.56. The molecule has 0 spiro atoms. The number of nitrogens with zero attached hydrogens (tertiary/aromatic N) is 4. The molecule has 9 nitrogen and oxygen atoms in total. The molecule has 1 aliphatic heterocycles. The smallest absolute Gasteiger partial charge is 0.246 e. The molecular weight excluding hydrogens is 626 g/mol. The van der Waals surface area contributed by atoms with E-state index in [9.17, 15) is 14.0 Å². The molecule has 4 aromatic heterocycles. The van der Waals surface area contributed by atoms with E-state index in [1.807, 2.05) is 30.6 Å². The molecule has 46 heavy (non-hydrogen) atoms. The van der Waals surface area contributed by atoms with Gasteiger partial charge in [-0.2, -0.15) is 0 Å². The van der Waals surface area contributed by atoms with Crippen LogP contribution in [0.5, 0.6) is 5.75 Å². The van der Waals surface area contributed by atoms with Gasteiger partial charge in [0.2, 0.25) is 12.3 Å². The summed E-state index contributed by atoms with van der Waals surface area (Å²) in [4.78, 5) is 41.4. The maximum absolute atomic E-state index is 14.6. The van der Waals surface area contributed by atoms with Crippen LogP contribution in [0.4, 0.5) is 4.39 Å². The molecule has 5 heterocycles. The Morgan fingerprint density at radius 1 is 1.20 bits per heavy atom. The van der Waals surface area contributed by atoms with E-state index in [2.05, 4.69) is 11.9 Å². The van der Waals surface area contributed by atoms with Gasteiger partial charge in [-0.3, -0.25) is 14.6 Å². The Morgan fingerprint density at radius 3 is 2.85 bits per heavy atom. The molecule has 2 amide bonds. The van der Waals surface area contributed by atoms with Crippen molar-refractivity contribution in [3.63, 3.8) is 0 Å². The van der Waals surface area contributed by atoms with E-state index in [0.717, 1.165) is 48.7 Å². The Hall–Kier alpha value is -4.52. The molecule has 12 heteroatoms. The molecule has 0 saturated heterocycles. The molecule has 0 saturated carbocycles. The SMILES string of the molecule is C=CC(=O)N1CCc2nc(-c3nc(-c4cnc(CC)c(CNC=O)c4)c4ccsc4c3-c3ccc(F)cc3OCCOC)sc2C1. The molecule has 0 fully saturated rings. The molecule has 0 atom stereocenters. The van der Waals surface area contributed by atoms with Crippen LogP contribution in [-0.4, -0.2) is 59.0 Å². The molecule has 0 radical (unpaired) electrons. The second-order valence-corrected chi connectivity index (χ2v) is 12.6. The van der Waals surface area contributed by atoms with Crippen LogP contribution in [0.25, 0.3) is 43.2 Å². The van der Waals surface area contributed by atoms with E-state index in [-0.39, 0.29) is 12.5 Å². The number of pyridine rings is 2. The van der Waals surface area contributed by atoms with Gasteiger partial charge in [-0.15, -0.1) is 22.7 Å². The highest BCUT2D eigenvalue weighted by Gasteiger charge is 2.28. The second kappa shape index (κ2) is 13.9. The molecule has 5 aromatic rings. The number of fused-ring (bicyclic) bond motifs is 2. The van der Waals surface area contributed by atoms with Crippen LogP contribution in [0.2, 0.25) is 0 Å². The van der Waals surface area contributed by atoms with Gasteiger partial charge in [-0.05, 0) is 47.7 Å². The van der Waals surface area contributed by atoms with Gasteiger partial charge >= 0.3 is 0 Å². The number of thiophene rings is 1. The first kappa shape index (κ1) is 31.5. The normalized spacial score (nSPS) is 12.6. The van der Waals surface area contributed by atoms with Gasteiger partial charge in [-0.1, -0.05) is 13.5 Å². The molecular formula is C34H32FN5O4S2. The topological polar surface area (TPSA) is 107 Å². The van der Waals surface area contributed by atoms with E-state index in [1.165, 1.54) is 29.5 Å². The summed E-state index contributed by atoms with van der Waals surface area (Å²) < 4.78 is 26.8. The number of carbonyl (C=O) groups is 2. The fraction of sp³-hybridized carbons (Fsp3) is 0.265. The van der Waals surface area contributed by atoms with Crippen molar-refractivity contribution in [3.8, 4) is 38.8 Å². The number of aryl methyl sites for hydroxylation is 1. The number of thiazole rings is 1. The largest absolute Gasteiger partial charge is 0.490 e. The third kappa shape index (κ3) is 6.15. The van der Waals surface area contributed by atoms with Crippen molar-refractivity contribution in [2.24, 2.45) is 0 Å². The average Bonchev–Trinajstić information content (AvgIpc) is 3.74. The molecule has 1 N–H and O–H groups in total. The molecule has 6 rings (SSSR count). The fourth-order valence-corrected chi connectivity index (χ4v) is 7.69. The lowest BCUT2D eigenvalue weighted by molar-refractivity contribution is -0.126. The van der Waals surface area contributed by atoms with E-state index >= 15 is 0 Å². The summed E-state index contributed by atoms with van der Waals surface area (Å²) >= 11 is 3.05. The van der Waals surface area contributed by atoms with Crippen molar-refractivity contribution < 1.29 is 23.5 Å². The number of methoxy groups -OCH3 is 1. The van der Waals surface area contributed by atoms with E-state index in [0.29, 0.717) is 67.5 Å². The monoisotopic (exact) mass is 657 g/mol. The minimum Gasteiger partial charge on any atom is -0.490 e. The zero-order valence-corrected chi connectivity index (χ0v) is 27.1. The Morgan fingerprint density at radius 2 is 2.07 bits per heavy atom. The standard InChI is InChI=1S/C34H32FN5O4S2/c1-4-25-20(16-36-19-41)14-21(17-37-25)31-24-9-13-45-33(24)30(23-7-6-22(35)15-27(23)44-12-11-43-3)32(39-31)34-38-26-8-10-40(29(42)5-2)18-28(26)46-34/h5-7,9,13-15,17,19H,2,4,8,10-12,16,18H2,1,3H3,(H,36,41). The number of ether oxygens (including phenoxy) is 2. The van der Waals surface area contributed by atoms with Gasteiger partial charge in [0, 0.05) is 76.2 Å². The summed E-state index contributed by atoms with van der Waals surface area (Å²) in [7, 11) is 1.59. The highest BCUT2D eigenvalue weighted by Crippen LogP contribution is 2.47. The van der Waals surface area contributed by atoms with Crippen molar-refractivity contribution in [1.82, 2.24) is 25.2 Å². The highest BCUT2D eigenvalue weighted by atomic mass is 32.1. The Balaban J connectivity index is 1.59. The maximum Gasteiger partial charge on any atom is 0.246 e. The van der Waals surface area contributed by atoms with Crippen LogP contribution in [0.15, 0.2) is 54.6 Å². The number of amides is 2. The maximum atomic E-state index is 14.6. The Labute approximate surface area is 273 Å². The number of rotatable bonds is 12. The summed E-state index contributed by atoms with van der Waals surface area (Å²) in [6.45, 7) is 7.60. The Bertz CT molecular complexity index is 1940. The van der Waals surface area contributed by atoms with Gasteiger partial charge in [0.25, 0.3) is 0 Å². The molecule has 0 unspecified atom stereocenters. The number of carbonyl (C=O) groups excluding carboxylic acids is 2. The van der Waals surface area contributed by atoms with Gasteiger partial charge in [0.1, 0.15) is 28.9 Å². The van der Waals surface area contributed by atoms with Crippen LogP contribution in [0.1, 0.15) is 28.8 Å². The van der Waals surface area contributed by atoms with Crippen LogP contribution in [-0.2, 0) is 40.3 Å². The van der Waals surface area contributed by atoms with Crippen molar-refractivity contribution >= 4 is 45.1 Å². The molecule has 1 aliphatic rings. The fourth-order valence-electron chi connectivity index (χ4n) is 5.61. The number of halogens is 1. The van der Waals surface area contributed by atoms with Gasteiger partial charge < -0.3 is 19.7 Å². The quantitative estimate of drug-likeness (QED) is 0.0969. The summed E-state index contributed by atoms with van der Waals surface area (Å²) in [5, 5.41) is 6.36. The first-order chi connectivity index (χ1) is 22.4. The van der Waals surface area contributed by atoms with E-state index < -0.39 is 5.82 Å². The van der Waals surface area contributed by atoms with Crippen molar-refractivity contribution in [2.45, 2.75) is 32.9 Å². The summed E-state index contributed by atoms with van der Waals surface area (Å²) in [5.41, 5.74) is 6.35. The lowest BCUT2D eigenvalue weighted by Crippen LogP contribution is -2.34. The third-order valence-electron chi connectivity index (χ3n) is 7.83. The second-order valence-electron chi connectivity index (χ2n) is 10.6. The van der Waals surface area contributed by atoms with Crippen molar-refractivity contribution in [2.75, 3.05) is 26.9 Å². The number of hydrogen-bond donors (Lipinski definition) is 1. The first-order valence-electron chi connectivity index (χ1n) is 14.8. The minimum atomic E-state index is -0.417. The first-order valence-corrected chi connectivity index (χ1v) is 16.5. The van der Waals surface area contributed by atoms with Crippen LogP contribution in [0, 0.1) is 5.82 Å². The molecule has 0 bridgehead atoms. The molecule has 0 aliphatic carbocycles. The zero-order valence-electron chi connectivity index (χ0n) is 25.5. The predicted octanol–water partition coefficient (Wildman–Crippen LogP) is 6.19.